The van der Waals surface area contributed by atoms with Crippen molar-refractivity contribution in [3.63, 3.8) is 0 Å². The van der Waals surface area contributed by atoms with Crippen molar-refractivity contribution in [3.8, 4) is 5.75 Å². The average molecular weight is 360 g/mol. The quantitative estimate of drug-likeness (QED) is 0.629. The van der Waals surface area contributed by atoms with Gasteiger partial charge in [-0.25, -0.2) is 0 Å². The molecule has 1 unspecified atom stereocenters. The molecule has 0 aliphatic heterocycles. The molecule has 0 N–H and O–H groups in total. The smallest absolute Gasteiger partial charge is 0.137 e. The van der Waals surface area contributed by atoms with E-state index in [-0.39, 0.29) is 4.83 Å². The first-order valence-corrected chi connectivity index (χ1v) is 7.43. The topological polar surface area (TPSA) is 9.23 Å². The Morgan fingerprint density at radius 3 is 2.37 bits per heavy atom. The Balaban J connectivity index is 2.38. The highest BCUT2D eigenvalue weighted by Crippen LogP contribution is 2.38. The zero-order valence-electron chi connectivity index (χ0n) is 10.6. The molecule has 0 saturated carbocycles. The molecule has 0 aliphatic carbocycles. The van der Waals surface area contributed by atoms with E-state index in [1.54, 1.807) is 7.11 Å². The van der Waals surface area contributed by atoms with Crippen LogP contribution in [-0.2, 0) is 0 Å². The molecule has 0 fully saturated rings. The molecule has 0 aliphatic rings. The Hall–Kier alpha value is -0.700. The maximum Gasteiger partial charge on any atom is 0.137 e. The number of hydrogen-bond donors (Lipinski definition) is 0. The van der Waals surface area contributed by atoms with Crippen LogP contribution in [0.2, 0.25) is 10.0 Å². The van der Waals surface area contributed by atoms with E-state index in [0.29, 0.717) is 10.8 Å². The predicted octanol–water partition coefficient (Wildman–Crippen LogP) is 5.79. The van der Waals surface area contributed by atoms with Crippen LogP contribution < -0.4 is 4.74 Å². The summed E-state index contributed by atoms with van der Waals surface area (Å²) in [5, 5.41) is 1.33. The third-order valence-corrected chi connectivity index (χ3v) is 4.54. The second kappa shape index (κ2) is 6.17. The van der Waals surface area contributed by atoms with Crippen molar-refractivity contribution in [1.82, 2.24) is 0 Å². The third kappa shape index (κ3) is 3.25. The van der Waals surface area contributed by atoms with Gasteiger partial charge in [0.2, 0.25) is 0 Å². The highest BCUT2D eigenvalue weighted by molar-refractivity contribution is 9.09. The summed E-state index contributed by atoms with van der Waals surface area (Å²) in [7, 11) is 1.60. The van der Waals surface area contributed by atoms with Crippen LogP contribution in [0.1, 0.15) is 21.5 Å². The Morgan fingerprint density at radius 1 is 1.05 bits per heavy atom. The molecule has 1 nitrogen and oxygen atoms in total. The van der Waals surface area contributed by atoms with Gasteiger partial charge in [-0.1, -0.05) is 57.3 Å². The van der Waals surface area contributed by atoms with Crippen molar-refractivity contribution in [2.24, 2.45) is 0 Å². The second-order valence-electron chi connectivity index (χ2n) is 4.28. The summed E-state index contributed by atoms with van der Waals surface area (Å²) in [6.45, 7) is 2.02. The largest absolute Gasteiger partial charge is 0.495 e. The van der Waals surface area contributed by atoms with Crippen molar-refractivity contribution in [2.75, 3.05) is 7.11 Å². The van der Waals surface area contributed by atoms with Crippen LogP contribution in [0.4, 0.5) is 0 Å². The van der Waals surface area contributed by atoms with Gasteiger partial charge in [-0.15, -0.1) is 0 Å². The predicted molar refractivity (Wildman–Crippen MR) is 85.0 cm³/mol. The van der Waals surface area contributed by atoms with Crippen LogP contribution in [0.15, 0.2) is 36.4 Å². The number of methoxy groups -OCH3 is 1. The standard InChI is InChI=1S/C15H13BrCl2O/c1-9-3-5-11(12(17)7-9)15(16)10-4-6-14(19-2)13(18)8-10/h3-8,15H,1-2H3. The minimum absolute atomic E-state index is 0.00371. The summed E-state index contributed by atoms with van der Waals surface area (Å²) in [5.74, 6) is 0.667. The fourth-order valence-corrected chi connectivity index (χ4v) is 3.28. The minimum atomic E-state index is 0.00371. The van der Waals surface area contributed by atoms with E-state index >= 15 is 0 Å². The van der Waals surface area contributed by atoms with Crippen molar-refractivity contribution in [2.45, 2.75) is 11.8 Å². The SMILES string of the molecule is COc1ccc(C(Br)c2ccc(C)cc2Cl)cc1Cl. The minimum Gasteiger partial charge on any atom is -0.495 e. The first-order valence-electron chi connectivity index (χ1n) is 5.76. The summed E-state index contributed by atoms with van der Waals surface area (Å²) in [4.78, 5) is 0.00371. The van der Waals surface area contributed by atoms with Gasteiger partial charge in [0, 0.05) is 5.02 Å². The van der Waals surface area contributed by atoms with Crippen molar-refractivity contribution < 1.29 is 4.74 Å². The molecule has 0 heterocycles. The monoisotopic (exact) mass is 358 g/mol. The molecule has 0 spiro atoms. The summed E-state index contributed by atoms with van der Waals surface area (Å²) >= 11 is 16.1. The lowest BCUT2D eigenvalue weighted by molar-refractivity contribution is 0.415. The van der Waals surface area contributed by atoms with Crippen molar-refractivity contribution in [3.05, 3.63) is 63.1 Å². The van der Waals surface area contributed by atoms with Gasteiger partial charge in [-0.3, -0.25) is 0 Å². The first kappa shape index (κ1) is 14.7. The number of benzene rings is 2. The number of halogens is 3. The van der Waals surface area contributed by atoms with Crippen LogP contribution in [0.3, 0.4) is 0 Å². The van der Waals surface area contributed by atoms with Gasteiger partial charge in [0.15, 0.2) is 0 Å². The molecular weight excluding hydrogens is 347 g/mol. The van der Waals surface area contributed by atoms with Gasteiger partial charge in [0.1, 0.15) is 5.75 Å². The van der Waals surface area contributed by atoms with Crippen LogP contribution >= 0.6 is 39.1 Å². The summed E-state index contributed by atoms with van der Waals surface area (Å²) in [6, 6.07) is 11.7. The van der Waals surface area contributed by atoms with Gasteiger partial charge in [-0.05, 0) is 41.8 Å². The molecule has 0 amide bonds. The Bertz CT molecular complexity index is 599. The van der Waals surface area contributed by atoms with E-state index in [1.807, 2.05) is 43.3 Å². The number of alkyl halides is 1. The van der Waals surface area contributed by atoms with Gasteiger partial charge >= 0.3 is 0 Å². The fraction of sp³-hybridized carbons (Fsp3) is 0.200. The van der Waals surface area contributed by atoms with E-state index in [1.165, 1.54) is 0 Å². The van der Waals surface area contributed by atoms with Gasteiger partial charge in [-0.2, -0.15) is 0 Å². The average Bonchev–Trinajstić information content (AvgIpc) is 2.38. The van der Waals surface area contributed by atoms with Gasteiger partial charge in [0.25, 0.3) is 0 Å². The van der Waals surface area contributed by atoms with Gasteiger partial charge < -0.3 is 4.74 Å². The number of rotatable bonds is 3. The van der Waals surface area contributed by atoms with E-state index < -0.39 is 0 Å². The Kier molecular flexibility index (Phi) is 4.77. The number of ether oxygens (including phenoxy) is 1. The van der Waals surface area contributed by atoms with Crippen LogP contribution in [0.5, 0.6) is 5.75 Å². The number of aryl methyl sites for hydroxylation is 1. The molecule has 0 saturated heterocycles. The maximum atomic E-state index is 6.28. The molecule has 2 rings (SSSR count). The maximum absolute atomic E-state index is 6.28. The van der Waals surface area contributed by atoms with E-state index in [0.717, 1.165) is 21.7 Å². The molecule has 0 aromatic heterocycles. The van der Waals surface area contributed by atoms with Crippen molar-refractivity contribution in [1.29, 1.82) is 0 Å². The fourth-order valence-electron chi connectivity index (χ4n) is 1.86. The Labute approximate surface area is 131 Å². The van der Waals surface area contributed by atoms with E-state index in [2.05, 4.69) is 15.9 Å². The molecule has 0 bridgehead atoms. The van der Waals surface area contributed by atoms with Crippen LogP contribution in [0.25, 0.3) is 0 Å². The Morgan fingerprint density at radius 2 is 1.79 bits per heavy atom. The lowest BCUT2D eigenvalue weighted by Gasteiger charge is -2.14. The van der Waals surface area contributed by atoms with E-state index in [4.69, 9.17) is 27.9 Å². The number of hydrogen-bond acceptors (Lipinski definition) is 1. The van der Waals surface area contributed by atoms with E-state index in [9.17, 15) is 0 Å². The molecule has 19 heavy (non-hydrogen) atoms. The van der Waals surface area contributed by atoms with Crippen LogP contribution in [-0.4, -0.2) is 7.11 Å². The third-order valence-electron chi connectivity index (χ3n) is 2.90. The highest BCUT2D eigenvalue weighted by Gasteiger charge is 2.15. The van der Waals surface area contributed by atoms with Crippen LogP contribution in [0, 0.1) is 6.92 Å². The molecule has 2 aromatic rings. The van der Waals surface area contributed by atoms with Crippen molar-refractivity contribution >= 4 is 39.1 Å². The first-order chi connectivity index (χ1) is 9.02. The second-order valence-corrected chi connectivity index (χ2v) is 6.01. The summed E-state index contributed by atoms with van der Waals surface area (Å²) in [6.07, 6.45) is 0. The molecule has 4 heteroatoms. The lowest BCUT2D eigenvalue weighted by atomic mass is 10.0. The highest BCUT2D eigenvalue weighted by atomic mass is 79.9. The zero-order valence-corrected chi connectivity index (χ0v) is 13.7. The lowest BCUT2D eigenvalue weighted by Crippen LogP contribution is -1.95. The normalized spacial score (nSPS) is 12.3. The molecular formula is C15H13BrCl2O. The molecule has 100 valence electrons. The van der Waals surface area contributed by atoms with Gasteiger partial charge in [0.05, 0.1) is 17.0 Å². The molecule has 1 atom stereocenters. The molecule has 2 aromatic carbocycles. The summed E-state index contributed by atoms with van der Waals surface area (Å²) in [5.41, 5.74) is 3.20. The summed E-state index contributed by atoms with van der Waals surface area (Å²) < 4.78 is 5.15. The molecule has 0 radical (unpaired) electrons. The zero-order chi connectivity index (χ0) is 14.0.